The summed E-state index contributed by atoms with van der Waals surface area (Å²) in [4.78, 5) is 23.5. The summed E-state index contributed by atoms with van der Waals surface area (Å²) in [5, 5.41) is 10.2. The number of nitrogens with zero attached hydrogens (tertiary/aromatic N) is 2. The van der Waals surface area contributed by atoms with E-state index in [0.717, 1.165) is 34.2 Å². The fraction of sp³-hybridized carbons (Fsp3) is 0.292. The van der Waals surface area contributed by atoms with Gasteiger partial charge in [0, 0.05) is 23.8 Å². The Morgan fingerprint density at radius 3 is 2.74 bits per heavy atom. The van der Waals surface area contributed by atoms with Crippen LogP contribution in [0.3, 0.4) is 0 Å². The number of aryl methyl sites for hydroxylation is 2. The maximum absolute atomic E-state index is 13.3. The molecule has 0 bridgehead atoms. The monoisotopic (exact) mass is 448 g/mol. The minimum Gasteiger partial charge on any atom is -0.305 e. The highest BCUT2D eigenvalue weighted by atomic mass is 32.1. The maximum Gasteiger partial charge on any atom is 0.243 e. The van der Waals surface area contributed by atoms with Crippen LogP contribution < -0.4 is 10.6 Å². The number of aromatic nitrogens is 2. The normalized spacial score (nSPS) is 22.6. The van der Waals surface area contributed by atoms with Crippen molar-refractivity contribution in [2.24, 2.45) is 5.92 Å². The first kappa shape index (κ1) is 20.3. The summed E-state index contributed by atoms with van der Waals surface area (Å²) in [6, 6.07) is 10.2. The van der Waals surface area contributed by atoms with Crippen LogP contribution in [0.5, 0.6) is 0 Å². The molecular weight excluding hydrogens is 424 g/mol. The van der Waals surface area contributed by atoms with Gasteiger partial charge in [-0.3, -0.25) is 4.79 Å². The third-order valence-corrected chi connectivity index (χ3v) is 7.81. The third kappa shape index (κ3) is 4.01. The molecule has 2 aromatic heterocycles. The van der Waals surface area contributed by atoms with Crippen molar-refractivity contribution in [3.63, 3.8) is 0 Å². The van der Waals surface area contributed by atoms with Crippen molar-refractivity contribution in [1.82, 2.24) is 15.3 Å². The highest BCUT2D eigenvalue weighted by Gasteiger charge is 2.42. The second-order valence-corrected chi connectivity index (χ2v) is 10.0. The van der Waals surface area contributed by atoms with Crippen LogP contribution in [0.4, 0.5) is 5.13 Å². The SMILES string of the molecule is Cc1nc(C)c(-c2csc(NC(=O)[C@H]3NC[C@H](c4ccccc4)C3C3=CC=CC3)n2)s1. The lowest BCUT2D eigenvalue weighted by Crippen LogP contribution is -2.40. The summed E-state index contributed by atoms with van der Waals surface area (Å²) >= 11 is 3.09. The molecule has 1 fully saturated rings. The predicted molar refractivity (Wildman–Crippen MR) is 128 cm³/mol. The first-order valence-corrected chi connectivity index (χ1v) is 12.1. The number of benzene rings is 1. The minimum absolute atomic E-state index is 0.0191. The molecule has 3 heterocycles. The summed E-state index contributed by atoms with van der Waals surface area (Å²) in [5.41, 5.74) is 4.45. The number of nitrogens with one attached hydrogen (secondary N) is 2. The number of amides is 1. The molecule has 5 nitrogen and oxygen atoms in total. The van der Waals surface area contributed by atoms with E-state index >= 15 is 0 Å². The fourth-order valence-electron chi connectivity index (χ4n) is 4.59. The van der Waals surface area contributed by atoms with Crippen LogP contribution in [0.15, 0.2) is 59.5 Å². The van der Waals surface area contributed by atoms with E-state index in [2.05, 4.69) is 63.1 Å². The number of carbonyl (C=O) groups is 1. The molecule has 0 saturated carbocycles. The molecule has 5 rings (SSSR count). The van der Waals surface area contributed by atoms with Gasteiger partial charge in [0.25, 0.3) is 0 Å². The number of allylic oxidation sites excluding steroid dienone is 3. The lowest BCUT2D eigenvalue weighted by atomic mass is 9.79. The highest BCUT2D eigenvalue weighted by Crippen LogP contribution is 2.40. The Morgan fingerprint density at radius 2 is 2.03 bits per heavy atom. The van der Waals surface area contributed by atoms with Crippen LogP contribution in [-0.2, 0) is 4.79 Å². The Morgan fingerprint density at radius 1 is 1.19 bits per heavy atom. The standard InChI is InChI=1S/C24H24N4OS2/c1-14-22(31-15(2)26-14)19-13-30-24(27-19)28-23(29)21-20(17-10-6-7-11-17)18(12-25-21)16-8-4-3-5-9-16/h3-10,13,18,20-21,25H,11-12H2,1-2H3,(H,27,28,29)/t18-,20?,21+/m1/s1. The predicted octanol–water partition coefficient (Wildman–Crippen LogP) is 5.08. The van der Waals surface area contributed by atoms with Crippen molar-refractivity contribution in [1.29, 1.82) is 0 Å². The van der Waals surface area contributed by atoms with E-state index in [1.165, 1.54) is 22.5 Å². The quantitative estimate of drug-likeness (QED) is 0.571. The molecule has 2 aliphatic rings. The Balaban J connectivity index is 1.36. The van der Waals surface area contributed by atoms with Crippen molar-refractivity contribution >= 4 is 33.7 Å². The molecule has 0 spiro atoms. The van der Waals surface area contributed by atoms with E-state index in [4.69, 9.17) is 0 Å². The van der Waals surface area contributed by atoms with Gasteiger partial charge in [0.15, 0.2) is 5.13 Å². The highest BCUT2D eigenvalue weighted by molar-refractivity contribution is 7.16. The Hall–Kier alpha value is -2.61. The summed E-state index contributed by atoms with van der Waals surface area (Å²) < 4.78 is 0. The minimum atomic E-state index is -0.281. The molecule has 31 heavy (non-hydrogen) atoms. The van der Waals surface area contributed by atoms with Crippen LogP contribution in [0, 0.1) is 19.8 Å². The molecule has 3 aromatic rings. The molecule has 1 aliphatic carbocycles. The molecular formula is C24H24N4OS2. The van der Waals surface area contributed by atoms with Crippen LogP contribution >= 0.6 is 22.7 Å². The lowest BCUT2D eigenvalue weighted by molar-refractivity contribution is -0.118. The van der Waals surface area contributed by atoms with Crippen molar-refractivity contribution < 1.29 is 4.79 Å². The first-order valence-electron chi connectivity index (χ1n) is 10.4. The average Bonchev–Trinajstić information content (AvgIpc) is 3.55. The lowest BCUT2D eigenvalue weighted by Gasteiger charge is -2.25. The van der Waals surface area contributed by atoms with E-state index in [0.29, 0.717) is 5.13 Å². The Bertz CT molecular complexity index is 1160. The van der Waals surface area contributed by atoms with Gasteiger partial charge in [-0.15, -0.1) is 22.7 Å². The second kappa shape index (κ2) is 8.49. The number of hydrogen-bond acceptors (Lipinski definition) is 6. The number of anilines is 1. The van der Waals surface area contributed by atoms with E-state index in [1.807, 2.05) is 25.3 Å². The smallest absolute Gasteiger partial charge is 0.243 e. The van der Waals surface area contributed by atoms with Crippen LogP contribution in [0.2, 0.25) is 0 Å². The Labute approximate surface area is 190 Å². The molecule has 1 amide bonds. The van der Waals surface area contributed by atoms with E-state index in [1.54, 1.807) is 11.3 Å². The molecule has 158 valence electrons. The zero-order valence-corrected chi connectivity index (χ0v) is 19.1. The van der Waals surface area contributed by atoms with Gasteiger partial charge in [0.1, 0.15) is 0 Å². The summed E-state index contributed by atoms with van der Waals surface area (Å²) in [7, 11) is 0. The van der Waals surface area contributed by atoms with Gasteiger partial charge in [-0.2, -0.15) is 0 Å². The van der Waals surface area contributed by atoms with E-state index in [9.17, 15) is 4.79 Å². The van der Waals surface area contributed by atoms with Gasteiger partial charge in [-0.25, -0.2) is 9.97 Å². The van der Waals surface area contributed by atoms with Gasteiger partial charge < -0.3 is 10.6 Å². The molecule has 1 aromatic carbocycles. The van der Waals surface area contributed by atoms with E-state index < -0.39 is 0 Å². The Kier molecular flexibility index (Phi) is 5.56. The topological polar surface area (TPSA) is 66.9 Å². The zero-order valence-electron chi connectivity index (χ0n) is 17.5. The van der Waals surface area contributed by atoms with Gasteiger partial charge in [0.05, 0.1) is 27.3 Å². The average molecular weight is 449 g/mol. The summed E-state index contributed by atoms with van der Waals surface area (Å²) in [6.07, 6.45) is 7.34. The molecule has 1 saturated heterocycles. The summed E-state index contributed by atoms with van der Waals surface area (Å²) in [6.45, 7) is 4.78. The third-order valence-electron chi connectivity index (χ3n) is 5.96. The zero-order chi connectivity index (χ0) is 21.4. The number of hydrogen-bond donors (Lipinski definition) is 2. The molecule has 1 unspecified atom stereocenters. The maximum atomic E-state index is 13.3. The van der Waals surface area contributed by atoms with Crippen molar-refractivity contribution in [3.8, 4) is 10.6 Å². The van der Waals surface area contributed by atoms with Crippen molar-refractivity contribution in [2.45, 2.75) is 32.2 Å². The van der Waals surface area contributed by atoms with Gasteiger partial charge in [-0.1, -0.05) is 54.1 Å². The number of carbonyl (C=O) groups excluding carboxylic acids is 1. The second-order valence-electron chi connectivity index (χ2n) is 7.98. The molecule has 3 atom stereocenters. The number of thiazole rings is 2. The van der Waals surface area contributed by atoms with Gasteiger partial charge >= 0.3 is 0 Å². The first-order chi connectivity index (χ1) is 15.1. The number of rotatable bonds is 5. The molecule has 0 radical (unpaired) electrons. The fourth-order valence-corrected chi connectivity index (χ4v) is 6.25. The van der Waals surface area contributed by atoms with Crippen molar-refractivity contribution in [2.75, 3.05) is 11.9 Å². The molecule has 1 aliphatic heterocycles. The van der Waals surface area contributed by atoms with E-state index in [-0.39, 0.29) is 23.8 Å². The van der Waals surface area contributed by atoms with Crippen LogP contribution in [0.25, 0.3) is 10.6 Å². The van der Waals surface area contributed by atoms with Gasteiger partial charge in [-0.05, 0) is 25.8 Å². The molecule has 7 heteroatoms. The molecule has 2 N–H and O–H groups in total. The van der Waals surface area contributed by atoms with Gasteiger partial charge in [0.2, 0.25) is 5.91 Å². The van der Waals surface area contributed by atoms with Crippen LogP contribution in [0.1, 0.15) is 28.6 Å². The van der Waals surface area contributed by atoms with Crippen molar-refractivity contribution in [3.05, 3.63) is 75.8 Å². The summed E-state index contributed by atoms with van der Waals surface area (Å²) in [5.74, 6) is 0.385. The van der Waals surface area contributed by atoms with Crippen LogP contribution in [-0.4, -0.2) is 28.5 Å². The largest absolute Gasteiger partial charge is 0.305 e.